The van der Waals surface area contributed by atoms with E-state index in [1.54, 1.807) is 31.5 Å². The van der Waals surface area contributed by atoms with Gasteiger partial charge in [0, 0.05) is 5.75 Å². The van der Waals surface area contributed by atoms with Crippen LogP contribution in [0.15, 0.2) is 64.2 Å². The van der Waals surface area contributed by atoms with Crippen LogP contribution in [0, 0.1) is 6.92 Å². The fourth-order valence-electron chi connectivity index (χ4n) is 2.90. The average molecular weight is 582 g/mol. The van der Waals surface area contributed by atoms with Crippen LogP contribution in [0.25, 0.3) is 0 Å². The number of aryl methyl sites for hydroxylation is 1. The van der Waals surface area contributed by atoms with Gasteiger partial charge in [-0.15, -0.1) is 11.8 Å². The third kappa shape index (κ3) is 7.94. The van der Waals surface area contributed by atoms with Crippen LogP contribution in [0.2, 0.25) is 10.0 Å². The third-order valence-electron chi connectivity index (χ3n) is 4.64. The highest BCUT2D eigenvalue weighted by atomic mass is 79.9. The zero-order valence-corrected chi connectivity index (χ0v) is 22.5. The molecule has 3 rings (SSSR count). The molecule has 1 amide bonds. The Kier molecular flexibility index (Phi) is 10.1. The molecule has 0 saturated heterocycles. The van der Waals surface area contributed by atoms with Crippen LogP contribution in [-0.4, -0.2) is 25.0 Å². The highest BCUT2D eigenvalue weighted by molar-refractivity contribution is 9.10. The number of amides is 1. The molecule has 5 nitrogen and oxygen atoms in total. The number of halogens is 3. The summed E-state index contributed by atoms with van der Waals surface area (Å²) in [6.07, 6.45) is 1.55. The largest absolute Gasteiger partial charge is 0.493 e. The van der Waals surface area contributed by atoms with Crippen molar-refractivity contribution >= 4 is 63.0 Å². The number of nitrogens with zero attached hydrogens (tertiary/aromatic N) is 1. The van der Waals surface area contributed by atoms with E-state index in [0.29, 0.717) is 31.8 Å². The van der Waals surface area contributed by atoms with Crippen LogP contribution >= 0.6 is 50.9 Å². The van der Waals surface area contributed by atoms with Crippen molar-refractivity contribution in [2.45, 2.75) is 19.3 Å². The fourth-order valence-corrected chi connectivity index (χ4v) is 4.57. The van der Waals surface area contributed by atoms with Crippen LogP contribution in [0.5, 0.6) is 11.5 Å². The van der Waals surface area contributed by atoms with Gasteiger partial charge in [0.05, 0.1) is 33.6 Å². The van der Waals surface area contributed by atoms with Gasteiger partial charge in [0.15, 0.2) is 11.5 Å². The zero-order valence-electron chi connectivity index (χ0n) is 18.6. The van der Waals surface area contributed by atoms with Gasteiger partial charge in [-0.3, -0.25) is 4.79 Å². The molecule has 0 atom stereocenters. The van der Waals surface area contributed by atoms with E-state index in [1.165, 1.54) is 22.9 Å². The molecular formula is C25H23BrCl2N2O3S. The van der Waals surface area contributed by atoms with Crippen molar-refractivity contribution in [1.82, 2.24) is 5.43 Å². The van der Waals surface area contributed by atoms with Gasteiger partial charge in [-0.2, -0.15) is 5.10 Å². The van der Waals surface area contributed by atoms with Crippen LogP contribution in [0.3, 0.4) is 0 Å². The molecule has 0 aliphatic rings. The Hall–Kier alpha value is -2.19. The number of thioether (sulfide) groups is 1. The van der Waals surface area contributed by atoms with Gasteiger partial charge in [-0.1, -0.05) is 59.1 Å². The molecule has 0 saturated carbocycles. The molecule has 34 heavy (non-hydrogen) atoms. The Bertz CT molecular complexity index is 1170. The van der Waals surface area contributed by atoms with E-state index < -0.39 is 0 Å². The molecule has 0 bridgehead atoms. The van der Waals surface area contributed by atoms with Crippen molar-refractivity contribution in [2.24, 2.45) is 5.10 Å². The van der Waals surface area contributed by atoms with Gasteiger partial charge in [0.1, 0.15) is 6.61 Å². The number of ether oxygens (including phenoxy) is 2. The SMILES string of the molecule is COc1cc(/C=N/NC(=O)CSCc2ccc(C)cc2)cc(Br)c1OCc1ccc(Cl)c(Cl)c1. The molecular weight excluding hydrogens is 559 g/mol. The summed E-state index contributed by atoms with van der Waals surface area (Å²) in [4.78, 5) is 12.1. The molecule has 0 aromatic heterocycles. The summed E-state index contributed by atoms with van der Waals surface area (Å²) in [5.74, 6) is 1.99. The summed E-state index contributed by atoms with van der Waals surface area (Å²) in [6.45, 7) is 2.34. The third-order valence-corrected chi connectivity index (χ3v) is 6.98. The number of carbonyl (C=O) groups excluding carboxylic acids is 1. The van der Waals surface area contributed by atoms with Crippen molar-refractivity contribution < 1.29 is 14.3 Å². The van der Waals surface area contributed by atoms with Crippen LogP contribution in [0.1, 0.15) is 22.3 Å². The van der Waals surface area contributed by atoms with Crippen molar-refractivity contribution in [3.05, 3.63) is 91.4 Å². The maximum atomic E-state index is 12.1. The summed E-state index contributed by atoms with van der Waals surface area (Å²) in [5.41, 5.74) is 6.56. The molecule has 1 N–H and O–H groups in total. The number of hydrazone groups is 1. The molecule has 0 fully saturated rings. The predicted octanol–water partition coefficient (Wildman–Crippen LogP) is 7.04. The van der Waals surface area contributed by atoms with E-state index in [4.69, 9.17) is 32.7 Å². The van der Waals surface area contributed by atoms with Gasteiger partial charge >= 0.3 is 0 Å². The molecule has 0 spiro atoms. The van der Waals surface area contributed by atoms with Crippen LogP contribution in [-0.2, 0) is 17.2 Å². The number of hydrogen-bond acceptors (Lipinski definition) is 5. The van der Waals surface area contributed by atoms with Crippen molar-refractivity contribution in [1.29, 1.82) is 0 Å². The Morgan fingerprint density at radius 1 is 1.09 bits per heavy atom. The topological polar surface area (TPSA) is 59.9 Å². The van der Waals surface area contributed by atoms with Gasteiger partial charge in [0.25, 0.3) is 0 Å². The van der Waals surface area contributed by atoms with Crippen molar-refractivity contribution in [3.63, 3.8) is 0 Å². The van der Waals surface area contributed by atoms with Gasteiger partial charge < -0.3 is 9.47 Å². The fraction of sp³-hybridized carbons (Fsp3) is 0.200. The molecule has 3 aromatic rings. The first-order valence-electron chi connectivity index (χ1n) is 10.2. The van der Waals surface area contributed by atoms with Gasteiger partial charge in [0.2, 0.25) is 5.91 Å². The minimum absolute atomic E-state index is 0.166. The van der Waals surface area contributed by atoms with Crippen molar-refractivity contribution in [2.75, 3.05) is 12.9 Å². The normalized spacial score (nSPS) is 11.0. The number of nitrogens with one attached hydrogen (secondary N) is 1. The first-order chi connectivity index (χ1) is 16.4. The minimum atomic E-state index is -0.166. The standard InChI is InChI=1S/C25H23BrCl2N2O3S/c1-16-3-5-17(6-4-16)14-34-15-24(31)30-29-12-19-9-20(26)25(23(11-19)32-2)33-13-18-7-8-21(27)22(28)10-18/h3-12H,13-15H2,1-2H3,(H,30,31)/b29-12+. The molecule has 3 aromatic carbocycles. The van der Waals surface area contributed by atoms with E-state index in [-0.39, 0.29) is 12.5 Å². The number of methoxy groups -OCH3 is 1. The summed E-state index contributed by atoms with van der Waals surface area (Å²) in [6, 6.07) is 17.2. The minimum Gasteiger partial charge on any atom is -0.493 e. The maximum absolute atomic E-state index is 12.1. The predicted molar refractivity (Wildman–Crippen MR) is 145 cm³/mol. The lowest BCUT2D eigenvalue weighted by Gasteiger charge is -2.14. The second-order valence-electron chi connectivity index (χ2n) is 7.34. The summed E-state index contributed by atoms with van der Waals surface area (Å²) < 4.78 is 12.1. The molecule has 0 aliphatic heterocycles. The number of rotatable bonds is 10. The lowest BCUT2D eigenvalue weighted by atomic mass is 10.2. The number of benzene rings is 3. The van der Waals surface area contributed by atoms with E-state index in [1.807, 2.05) is 12.1 Å². The Labute approximate surface area is 222 Å². The highest BCUT2D eigenvalue weighted by Crippen LogP contribution is 2.37. The first kappa shape index (κ1) is 26.4. The number of hydrogen-bond donors (Lipinski definition) is 1. The van der Waals surface area contributed by atoms with E-state index in [9.17, 15) is 4.79 Å². The average Bonchev–Trinajstić information content (AvgIpc) is 2.81. The molecule has 0 aliphatic carbocycles. The first-order valence-corrected chi connectivity index (χ1v) is 13.0. The molecule has 9 heteroatoms. The molecule has 178 valence electrons. The smallest absolute Gasteiger partial charge is 0.250 e. The Morgan fingerprint density at radius 3 is 2.53 bits per heavy atom. The number of carbonyl (C=O) groups is 1. The Morgan fingerprint density at radius 2 is 1.82 bits per heavy atom. The lowest BCUT2D eigenvalue weighted by Crippen LogP contribution is -2.19. The second-order valence-corrected chi connectivity index (χ2v) is 10.00. The summed E-state index contributed by atoms with van der Waals surface area (Å²) in [5, 5.41) is 5.01. The monoisotopic (exact) mass is 580 g/mol. The molecule has 0 heterocycles. The summed E-state index contributed by atoms with van der Waals surface area (Å²) >= 11 is 17.1. The Balaban J connectivity index is 1.53. The highest BCUT2D eigenvalue weighted by Gasteiger charge is 2.12. The van der Waals surface area contributed by atoms with E-state index >= 15 is 0 Å². The molecule has 0 radical (unpaired) electrons. The van der Waals surface area contributed by atoms with Gasteiger partial charge in [-0.25, -0.2) is 5.43 Å². The van der Waals surface area contributed by atoms with Crippen molar-refractivity contribution in [3.8, 4) is 11.5 Å². The summed E-state index contributed by atoms with van der Waals surface area (Å²) in [7, 11) is 1.56. The van der Waals surface area contributed by atoms with E-state index in [0.717, 1.165) is 16.9 Å². The maximum Gasteiger partial charge on any atom is 0.250 e. The quantitative estimate of drug-likeness (QED) is 0.206. The van der Waals surface area contributed by atoms with E-state index in [2.05, 4.69) is 57.6 Å². The van der Waals surface area contributed by atoms with Crippen LogP contribution < -0.4 is 14.9 Å². The lowest BCUT2D eigenvalue weighted by molar-refractivity contribution is -0.118. The van der Waals surface area contributed by atoms with Crippen LogP contribution in [0.4, 0.5) is 0 Å². The van der Waals surface area contributed by atoms with Gasteiger partial charge in [-0.05, 0) is 63.8 Å². The second kappa shape index (κ2) is 13.0. The zero-order chi connectivity index (χ0) is 24.5. The molecule has 0 unspecified atom stereocenters.